The topological polar surface area (TPSA) is 68.7 Å². The second-order valence-corrected chi connectivity index (χ2v) is 6.72. The van der Waals surface area contributed by atoms with Gasteiger partial charge in [-0.15, -0.1) is 11.3 Å². The van der Waals surface area contributed by atoms with Gasteiger partial charge < -0.3 is 14.4 Å². The van der Waals surface area contributed by atoms with Crippen molar-refractivity contribution in [3.8, 4) is 0 Å². The number of rotatable bonds is 7. The molecule has 2 rings (SSSR count). The fourth-order valence-corrected chi connectivity index (χ4v) is 3.09. The van der Waals surface area contributed by atoms with Gasteiger partial charge in [0.15, 0.2) is 5.69 Å². The van der Waals surface area contributed by atoms with Crippen LogP contribution in [0.1, 0.15) is 25.9 Å². The van der Waals surface area contributed by atoms with Gasteiger partial charge in [-0.2, -0.15) is 0 Å². The summed E-state index contributed by atoms with van der Waals surface area (Å²) < 4.78 is 9.71. The lowest BCUT2D eigenvalue weighted by Gasteiger charge is -2.21. The van der Waals surface area contributed by atoms with Gasteiger partial charge in [-0.1, -0.05) is 23.2 Å². The van der Waals surface area contributed by atoms with Crippen molar-refractivity contribution in [1.29, 1.82) is 0 Å². The van der Waals surface area contributed by atoms with Crippen LogP contribution in [0.3, 0.4) is 0 Å². The molecule has 6 nitrogen and oxygen atoms in total. The van der Waals surface area contributed by atoms with Gasteiger partial charge in [-0.05, 0) is 18.2 Å². The first-order chi connectivity index (χ1) is 12.0. The average Bonchev–Trinajstić information content (AvgIpc) is 3.08. The summed E-state index contributed by atoms with van der Waals surface area (Å²) in [6.07, 6.45) is 0. The highest BCUT2D eigenvalue weighted by Crippen LogP contribution is 2.24. The van der Waals surface area contributed by atoms with Crippen molar-refractivity contribution in [2.75, 3.05) is 27.4 Å². The van der Waals surface area contributed by atoms with E-state index in [1.54, 1.807) is 29.5 Å². The molecule has 134 valence electrons. The standard InChI is InChI=1S/C16H16Cl2N2O4S/c1-23-6-5-20(8-14-19-13(9-25-14)16(22)24-2)15(21)10-3-4-11(17)12(18)7-10/h3-4,7,9H,5-6,8H2,1-2H3. The zero-order chi connectivity index (χ0) is 18.4. The van der Waals surface area contributed by atoms with E-state index >= 15 is 0 Å². The number of aromatic nitrogens is 1. The van der Waals surface area contributed by atoms with Gasteiger partial charge in [0.2, 0.25) is 0 Å². The summed E-state index contributed by atoms with van der Waals surface area (Å²) in [5, 5.41) is 2.90. The van der Waals surface area contributed by atoms with E-state index in [0.717, 1.165) is 0 Å². The second-order valence-electron chi connectivity index (χ2n) is 4.97. The Morgan fingerprint density at radius 3 is 2.64 bits per heavy atom. The summed E-state index contributed by atoms with van der Waals surface area (Å²) in [4.78, 5) is 30.0. The van der Waals surface area contributed by atoms with E-state index in [9.17, 15) is 9.59 Å². The minimum atomic E-state index is -0.512. The number of thiazole rings is 1. The van der Waals surface area contributed by atoms with E-state index in [4.69, 9.17) is 27.9 Å². The molecule has 0 N–H and O–H groups in total. The van der Waals surface area contributed by atoms with E-state index < -0.39 is 5.97 Å². The lowest BCUT2D eigenvalue weighted by atomic mass is 10.2. The van der Waals surface area contributed by atoms with E-state index in [1.165, 1.54) is 24.5 Å². The first-order valence-corrected chi connectivity index (χ1v) is 8.85. The number of hydrogen-bond acceptors (Lipinski definition) is 6. The van der Waals surface area contributed by atoms with Crippen LogP contribution in [-0.4, -0.2) is 49.1 Å². The van der Waals surface area contributed by atoms with Crippen molar-refractivity contribution in [1.82, 2.24) is 9.88 Å². The molecule has 0 atom stereocenters. The summed E-state index contributed by atoms with van der Waals surface area (Å²) in [5.41, 5.74) is 0.631. The molecule has 0 aliphatic rings. The van der Waals surface area contributed by atoms with Crippen molar-refractivity contribution >= 4 is 46.4 Å². The smallest absolute Gasteiger partial charge is 0.357 e. The maximum Gasteiger partial charge on any atom is 0.357 e. The summed E-state index contributed by atoms with van der Waals surface area (Å²) in [7, 11) is 2.85. The molecule has 0 saturated heterocycles. The van der Waals surface area contributed by atoms with Crippen molar-refractivity contribution in [3.05, 3.63) is 49.9 Å². The van der Waals surface area contributed by atoms with Gasteiger partial charge in [-0.3, -0.25) is 4.79 Å². The number of methoxy groups -OCH3 is 2. The van der Waals surface area contributed by atoms with Crippen molar-refractivity contribution < 1.29 is 19.1 Å². The Morgan fingerprint density at radius 2 is 2.00 bits per heavy atom. The molecule has 25 heavy (non-hydrogen) atoms. The van der Waals surface area contributed by atoms with Crippen LogP contribution in [0.25, 0.3) is 0 Å². The lowest BCUT2D eigenvalue weighted by Crippen LogP contribution is -2.33. The molecule has 2 aromatic rings. The highest BCUT2D eigenvalue weighted by Gasteiger charge is 2.19. The fraction of sp³-hybridized carbons (Fsp3) is 0.312. The van der Waals surface area contributed by atoms with Crippen molar-refractivity contribution in [2.45, 2.75) is 6.54 Å². The van der Waals surface area contributed by atoms with Crippen LogP contribution in [-0.2, 0) is 16.0 Å². The molecular formula is C16H16Cl2N2O4S. The molecule has 0 radical (unpaired) electrons. The molecule has 1 amide bonds. The van der Waals surface area contributed by atoms with E-state index in [0.29, 0.717) is 33.8 Å². The van der Waals surface area contributed by atoms with Crippen LogP contribution < -0.4 is 0 Å². The number of carbonyl (C=O) groups excluding carboxylic acids is 2. The van der Waals surface area contributed by atoms with E-state index in [-0.39, 0.29) is 18.1 Å². The molecule has 1 aromatic heterocycles. The number of amides is 1. The maximum absolute atomic E-state index is 12.8. The van der Waals surface area contributed by atoms with Gasteiger partial charge in [0.05, 0.1) is 30.3 Å². The van der Waals surface area contributed by atoms with Crippen LogP contribution >= 0.6 is 34.5 Å². The predicted molar refractivity (Wildman–Crippen MR) is 96.5 cm³/mol. The molecule has 0 bridgehead atoms. The van der Waals surface area contributed by atoms with Crippen molar-refractivity contribution in [3.63, 3.8) is 0 Å². The average molecular weight is 403 g/mol. The number of benzene rings is 1. The molecule has 0 aliphatic carbocycles. The van der Waals surface area contributed by atoms with Crippen LogP contribution in [0, 0.1) is 0 Å². The molecular weight excluding hydrogens is 387 g/mol. The summed E-state index contributed by atoms with van der Waals surface area (Å²) in [6.45, 7) is 0.967. The van der Waals surface area contributed by atoms with Crippen LogP contribution in [0.5, 0.6) is 0 Å². The summed E-state index contributed by atoms with van der Waals surface area (Å²) >= 11 is 13.2. The third kappa shape index (κ3) is 5.15. The zero-order valence-corrected chi connectivity index (χ0v) is 16.0. The van der Waals surface area contributed by atoms with E-state index in [1.807, 2.05) is 0 Å². The minimum absolute atomic E-state index is 0.219. The van der Waals surface area contributed by atoms with Gasteiger partial charge in [0.1, 0.15) is 5.01 Å². The third-order valence-electron chi connectivity index (χ3n) is 3.29. The molecule has 0 spiro atoms. The molecule has 0 unspecified atom stereocenters. The Balaban J connectivity index is 2.19. The van der Waals surface area contributed by atoms with Crippen LogP contribution in [0.2, 0.25) is 10.0 Å². The molecule has 0 saturated carbocycles. The fourth-order valence-electron chi connectivity index (χ4n) is 2.01. The Labute approximate surface area is 159 Å². The molecule has 9 heteroatoms. The Morgan fingerprint density at radius 1 is 1.24 bits per heavy atom. The first kappa shape index (κ1) is 19.7. The predicted octanol–water partition coefficient (Wildman–Crippen LogP) is 3.53. The molecule has 0 fully saturated rings. The first-order valence-electron chi connectivity index (χ1n) is 7.22. The van der Waals surface area contributed by atoms with Crippen molar-refractivity contribution in [2.24, 2.45) is 0 Å². The Hall–Kier alpha value is -1.67. The highest BCUT2D eigenvalue weighted by molar-refractivity contribution is 7.09. The largest absolute Gasteiger partial charge is 0.464 e. The lowest BCUT2D eigenvalue weighted by molar-refractivity contribution is 0.0594. The maximum atomic E-state index is 12.8. The Kier molecular flexibility index (Phi) is 7.19. The monoisotopic (exact) mass is 402 g/mol. The van der Waals surface area contributed by atoms with Gasteiger partial charge in [-0.25, -0.2) is 9.78 Å². The second kappa shape index (κ2) is 9.15. The number of ether oxygens (including phenoxy) is 2. The quantitative estimate of drug-likeness (QED) is 0.662. The van der Waals surface area contributed by atoms with Gasteiger partial charge in [0, 0.05) is 24.6 Å². The number of esters is 1. The van der Waals surface area contributed by atoms with E-state index in [2.05, 4.69) is 9.72 Å². The zero-order valence-electron chi connectivity index (χ0n) is 13.6. The number of carbonyl (C=O) groups is 2. The van der Waals surface area contributed by atoms with Gasteiger partial charge >= 0.3 is 5.97 Å². The van der Waals surface area contributed by atoms with Crippen LogP contribution in [0.15, 0.2) is 23.6 Å². The molecule has 0 aliphatic heterocycles. The number of nitrogens with zero attached hydrogens (tertiary/aromatic N) is 2. The number of halogens is 2. The summed E-state index contributed by atoms with van der Waals surface area (Å²) in [6, 6.07) is 4.70. The highest BCUT2D eigenvalue weighted by atomic mass is 35.5. The third-order valence-corrected chi connectivity index (χ3v) is 4.86. The molecule has 1 heterocycles. The SMILES string of the molecule is COCCN(Cc1nc(C(=O)OC)cs1)C(=O)c1ccc(Cl)c(Cl)c1. The minimum Gasteiger partial charge on any atom is -0.464 e. The molecule has 1 aromatic carbocycles. The van der Waals surface area contributed by atoms with Crippen LogP contribution in [0.4, 0.5) is 0 Å². The number of hydrogen-bond donors (Lipinski definition) is 0. The Bertz CT molecular complexity index is 766. The normalized spacial score (nSPS) is 10.6. The summed E-state index contributed by atoms with van der Waals surface area (Å²) in [5.74, 6) is -0.743. The van der Waals surface area contributed by atoms with Gasteiger partial charge in [0.25, 0.3) is 5.91 Å².